The van der Waals surface area contributed by atoms with Gasteiger partial charge in [-0.3, -0.25) is 4.99 Å². The highest BCUT2D eigenvalue weighted by Gasteiger charge is 2.12. The van der Waals surface area contributed by atoms with Gasteiger partial charge in [-0.25, -0.2) is 0 Å². The zero-order valence-electron chi connectivity index (χ0n) is 17.5. The smallest absolute Gasteiger partial charge is 0.195 e. The highest BCUT2D eigenvalue weighted by atomic mass is 127. The van der Waals surface area contributed by atoms with Gasteiger partial charge in [0.2, 0.25) is 0 Å². The SMILES string of the molecule is CN=C(NCCCCCOC1CCCCC1)Nc1ccc(OC)c(OC)c1.I. The van der Waals surface area contributed by atoms with Crippen LogP contribution in [0.1, 0.15) is 51.4 Å². The first kappa shape index (κ1) is 24.8. The van der Waals surface area contributed by atoms with Crippen molar-refractivity contribution in [3.05, 3.63) is 18.2 Å². The second-order valence-corrected chi connectivity index (χ2v) is 6.89. The molecule has 0 aliphatic heterocycles. The van der Waals surface area contributed by atoms with Crippen LogP contribution < -0.4 is 20.1 Å². The van der Waals surface area contributed by atoms with Crippen molar-refractivity contribution < 1.29 is 14.2 Å². The number of aliphatic imine (C=N–C) groups is 1. The number of guanidine groups is 1. The second-order valence-electron chi connectivity index (χ2n) is 6.89. The van der Waals surface area contributed by atoms with Crippen LogP contribution in [0.25, 0.3) is 0 Å². The zero-order valence-corrected chi connectivity index (χ0v) is 19.8. The minimum Gasteiger partial charge on any atom is -0.493 e. The molecular weight excluding hydrogens is 469 g/mol. The number of nitrogens with one attached hydrogen (secondary N) is 2. The first-order valence-electron chi connectivity index (χ1n) is 10.1. The normalized spacial score (nSPS) is 14.9. The lowest BCUT2D eigenvalue weighted by Gasteiger charge is -2.21. The van der Waals surface area contributed by atoms with Crippen LogP contribution >= 0.6 is 24.0 Å². The van der Waals surface area contributed by atoms with E-state index >= 15 is 0 Å². The lowest BCUT2D eigenvalue weighted by molar-refractivity contribution is 0.0264. The largest absolute Gasteiger partial charge is 0.493 e. The first-order valence-corrected chi connectivity index (χ1v) is 10.1. The van der Waals surface area contributed by atoms with Crippen LogP contribution in [0.3, 0.4) is 0 Å². The Labute approximate surface area is 186 Å². The predicted octanol–water partition coefficient (Wildman–Crippen LogP) is 4.83. The maximum atomic E-state index is 5.97. The van der Waals surface area contributed by atoms with Gasteiger partial charge in [0.05, 0.1) is 20.3 Å². The molecule has 1 aliphatic rings. The number of hydrogen-bond donors (Lipinski definition) is 2. The van der Waals surface area contributed by atoms with Crippen molar-refractivity contribution in [2.75, 3.05) is 39.7 Å². The molecule has 0 radical (unpaired) electrons. The first-order chi connectivity index (χ1) is 13.3. The molecule has 0 spiro atoms. The topological polar surface area (TPSA) is 64.1 Å². The van der Waals surface area contributed by atoms with Gasteiger partial charge in [-0.15, -0.1) is 24.0 Å². The molecule has 0 atom stereocenters. The highest BCUT2D eigenvalue weighted by molar-refractivity contribution is 14.0. The van der Waals surface area contributed by atoms with Crippen molar-refractivity contribution in [1.82, 2.24) is 5.32 Å². The van der Waals surface area contributed by atoms with Gasteiger partial charge < -0.3 is 24.8 Å². The molecule has 1 aromatic carbocycles. The van der Waals surface area contributed by atoms with Gasteiger partial charge in [0, 0.05) is 32.0 Å². The molecule has 0 bridgehead atoms. The Morgan fingerprint density at radius 2 is 1.79 bits per heavy atom. The predicted molar refractivity (Wildman–Crippen MR) is 127 cm³/mol. The molecule has 1 fully saturated rings. The van der Waals surface area contributed by atoms with Crippen LogP contribution in [0.2, 0.25) is 0 Å². The fourth-order valence-electron chi connectivity index (χ4n) is 3.32. The number of nitrogens with zero attached hydrogens (tertiary/aromatic N) is 1. The van der Waals surface area contributed by atoms with E-state index in [1.54, 1.807) is 21.3 Å². The van der Waals surface area contributed by atoms with Gasteiger partial charge in [-0.1, -0.05) is 19.3 Å². The van der Waals surface area contributed by atoms with Gasteiger partial charge in [0.1, 0.15) is 0 Å². The van der Waals surface area contributed by atoms with Crippen LogP contribution in [0, 0.1) is 0 Å². The molecule has 28 heavy (non-hydrogen) atoms. The van der Waals surface area contributed by atoms with Crippen LogP contribution in [0.4, 0.5) is 5.69 Å². The minimum atomic E-state index is 0. The number of ether oxygens (including phenoxy) is 3. The molecular formula is C21H36IN3O3. The molecule has 6 nitrogen and oxygen atoms in total. The molecule has 1 aromatic rings. The average molecular weight is 505 g/mol. The Morgan fingerprint density at radius 3 is 2.46 bits per heavy atom. The van der Waals surface area contributed by atoms with E-state index in [4.69, 9.17) is 14.2 Å². The van der Waals surface area contributed by atoms with E-state index in [0.717, 1.165) is 44.1 Å². The monoisotopic (exact) mass is 505 g/mol. The van der Waals surface area contributed by atoms with Crippen LogP contribution in [0.5, 0.6) is 11.5 Å². The summed E-state index contributed by atoms with van der Waals surface area (Å²) < 4.78 is 16.6. The van der Waals surface area contributed by atoms with Crippen molar-refractivity contribution in [2.24, 2.45) is 4.99 Å². The summed E-state index contributed by atoms with van der Waals surface area (Å²) in [4.78, 5) is 4.27. The molecule has 0 heterocycles. The summed E-state index contributed by atoms with van der Waals surface area (Å²) in [5.41, 5.74) is 0.904. The molecule has 0 amide bonds. The summed E-state index contributed by atoms with van der Waals surface area (Å²) in [6.45, 7) is 1.78. The number of benzene rings is 1. The lowest BCUT2D eigenvalue weighted by Crippen LogP contribution is -2.31. The number of halogens is 1. The van der Waals surface area contributed by atoms with E-state index in [2.05, 4.69) is 15.6 Å². The van der Waals surface area contributed by atoms with Crippen molar-refractivity contribution in [3.8, 4) is 11.5 Å². The quantitative estimate of drug-likeness (QED) is 0.207. The standard InChI is InChI=1S/C21H35N3O3.HI/c1-22-21(24-17-12-13-19(25-2)20(16-17)26-3)23-14-8-5-9-15-27-18-10-6-4-7-11-18;/h12-13,16,18H,4-11,14-15H2,1-3H3,(H2,22,23,24);1H. The molecule has 1 saturated carbocycles. The summed E-state index contributed by atoms with van der Waals surface area (Å²) in [6.07, 6.45) is 10.4. The van der Waals surface area contributed by atoms with Crippen LogP contribution in [-0.4, -0.2) is 46.5 Å². The van der Waals surface area contributed by atoms with E-state index in [-0.39, 0.29) is 24.0 Å². The number of methoxy groups -OCH3 is 2. The number of unbranched alkanes of at least 4 members (excludes halogenated alkanes) is 2. The summed E-state index contributed by atoms with van der Waals surface area (Å²) in [7, 11) is 5.03. The molecule has 0 saturated heterocycles. The van der Waals surface area contributed by atoms with Gasteiger partial charge in [-0.2, -0.15) is 0 Å². The molecule has 2 N–H and O–H groups in total. The van der Waals surface area contributed by atoms with Gasteiger partial charge in [-0.05, 0) is 44.2 Å². The number of rotatable bonds is 10. The summed E-state index contributed by atoms with van der Waals surface area (Å²) in [5.74, 6) is 2.15. The maximum Gasteiger partial charge on any atom is 0.195 e. The Morgan fingerprint density at radius 1 is 1.04 bits per heavy atom. The Hall–Kier alpha value is -1.22. The molecule has 1 aliphatic carbocycles. The van der Waals surface area contributed by atoms with Gasteiger partial charge >= 0.3 is 0 Å². The third-order valence-electron chi connectivity index (χ3n) is 4.89. The van der Waals surface area contributed by atoms with Gasteiger partial charge in [0.25, 0.3) is 0 Å². The van der Waals surface area contributed by atoms with Crippen molar-refractivity contribution in [1.29, 1.82) is 0 Å². The average Bonchev–Trinajstić information content (AvgIpc) is 2.72. The van der Waals surface area contributed by atoms with E-state index in [1.807, 2.05) is 18.2 Å². The van der Waals surface area contributed by atoms with E-state index in [1.165, 1.54) is 32.1 Å². The minimum absolute atomic E-state index is 0. The molecule has 2 rings (SSSR count). The number of anilines is 1. The summed E-state index contributed by atoms with van der Waals surface area (Å²) >= 11 is 0. The molecule has 160 valence electrons. The highest BCUT2D eigenvalue weighted by Crippen LogP contribution is 2.29. The van der Waals surface area contributed by atoms with Crippen LogP contribution in [0.15, 0.2) is 23.2 Å². The Bertz CT molecular complexity index is 578. The number of hydrogen-bond acceptors (Lipinski definition) is 4. The third kappa shape index (κ3) is 8.86. The Kier molecular flexibility index (Phi) is 13.1. The van der Waals surface area contributed by atoms with E-state index in [9.17, 15) is 0 Å². The lowest BCUT2D eigenvalue weighted by atomic mass is 9.98. The molecule has 0 aromatic heterocycles. The van der Waals surface area contributed by atoms with Crippen LogP contribution in [-0.2, 0) is 4.74 Å². The zero-order chi connectivity index (χ0) is 19.3. The fourth-order valence-corrected chi connectivity index (χ4v) is 3.32. The molecule has 0 unspecified atom stereocenters. The van der Waals surface area contributed by atoms with Gasteiger partial charge in [0.15, 0.2) is 17.5 Å². The van der Waals surface area contributed by atoms with E-state index in [0.29, 0.717) is 17.6 Å². The maximum absolute atomic E-state index is 5.97. The third-order valence-corrected chi connectivity index (χ3v) is 4.89. The van der Waals surface area contributed by atoms with Crippen molar-refractivity contribution in [2.45, 2.75) is 57.5 Å². The summed E-state index contributed by atoms with van der Waals surface area (Å²) in [5, 5.41) is 6.63. The second kappa shape index (κ2) is 14.7. The van der Waals surface area contributed by atoms with Crippen molar-refractivity contribution >= 4 is 35.6 Å². The fraction of sp³-hybridized carbons (Fsp3) is 0.667. The van der Waals surface area contributed by atoms with Crippen molar-refractivity contribution in [3.63, 3.8) is 0 Å². The summed E-state index contributed by atoms with van der Waals surface area (Å²) in [6, 6.07) is 5.71. The Balaban J connectivity index is 0.00000392. The van der Waals surface area contributed by atoms with E-state index < -0.39 is 0 Å². The molecule has 7 heteroatoms.